The van der Waals surface area contributed by atoms with Crippen molar-refractivity contribution in [3.05, 3.63) is 53.1 Å². The largest absolute Gasteiger partial charge is 0.277 e. The second-order valence-electron chi connectivity index (χ2n) is 6.06. The van der Waals surface area contributed by atoms with Crippen molar-refractivity contribution in [2.24, 2.45) is 0 Å². The number of fused-ring (bicyclic) bond motifs is 1. The molecule has 3 heteroatoms. The van der Waals surface area contributed by atoms with Gasteiger partial charge in [-0.2, -0.15) is 5.10 Å². The molecule has 1 N–H and O–H groups in total. The van der Waals surface area contributed by atoms with Gasteiger partial charge in [-0.1, -0.05) is 56.6 Å². The van der Waals surface area contributed by atoms with E-state index in [9.17, 15) is 0 Å². The predicted octanol–water partition coefficient (Wildman–Crippen LogP) is 5.18. The molecule has 0 atom stereocenters. The number of benzene rings is 2. The van der Waals surface area contributed by atoms with Crippen LogP contribution in [-0.2, 0) is 5.41 Å². The van der Waals surface area contributed by atoms with E-state index in [1.807, 2.05) is 30.3 Å². The zero-order valence-electron chi connectivity index (χ0n) is 11.9. The van der Waals surface area contributed by atoms with Crippen molar-refractivity contribution in [3.8, 4) is 11.3 Å². The molecule has 0 aliphatic heterocycles. The molecule has 1 heterocycles. The van der Waals surface area contributed by atoms with E-state index in [0.717, 1.165) is 27.2 Å². The first-order valence-corrected chi connectivity index (χ1v) is 7.08. The number of halogens is 1. The monoisotopic (exact) mass is 284 g/mol. The van der Waals surface area contributed by atoms with Gasteiger partial charge >= 0.3 is 0 Å². The summed E-state index contributed by atoms with van der Waals surface area (Å²) in [5.74, 6) is 0. The van der Waals surface area contributed by atoms with Crippen LogP contribution >= 0.6 is 11.6 Å². The third kappa shape index (κ3) is 2.20. The first-order chi connectivity index (χ1) is 9.47. The molecule has 0 spiro atoms. The highest BCUT2D eigenvalue weighted by Gasteiger charge is 2.21. The fourth-order valence-corrected chi connectivity index (χ4v) is 2.71. The van der Waals surface area contributed by atoms with Gasteiger partial charge in [0.15, 0.2) is 0 Å². The first-order valence-electron chi connectivity index (χ1n) is 6.70. The fraction of sp³-hybridized carbons (Fsp3) is 0.235. The van der Waals surface area contributed by atoms with Crippen LogP contribution in [0.2, 0.25) is 5.02 Å². The summed E-state index contributed by atoms with van der Waals surface area (Å²) in [7, 11) is 0. The number of H-pyrrole nitrogens is 1. The van der Waals surface area contributed by atoms with Crippen LogP contribution in [0.25, 0.3) is 22.2 Å². The number of nitrogens with zero attached hydrogens (tertiary/aromatic N) is 1. The van der Waals surface area contributed by atoms with E-state index in [4.69, 9.17) is 11.6 Å². The quantitative estimate of drug-likeness (QED) is 0.655. The topological polar surface area (TPSA) is 28.7 Å². The van der Waals surface area contributed by atoms with E-state index in [0.29, 0.717) is 0 Å². The van der Waals surface area contributed by atoms with Crippen molar-refractivity contribution >= 4 is 22.5 Å². The van der Waals surface area contributed by atoms with Crippen molar-refractivity contribution in [3.63, 3.8) is 0 Å². The van der Waals surface area contributed by atoms with Gasteiger partial charge in [-0.15, -0.1) is 0 Å². The Morgan fingerprint density at radius 2 is 1.80 bits per heavy atom. The highest BCUT2D eigenvalue weighted by Crippen LogP contribution is 2.36. The lowest BCUT2D eigenvalue weighted by atomic mass is 9.82. The Kier molecular flexibility index (Phi) is 3.06. The van der Waals surface area contributed by atoms with Crippen molar-refractivity contribution in [1.29, 1.82) is 0 Å². The Labute approximate surface area is 123 Å². The number of nitrogens with one attached hydrogen (secondary N) is 1. The number of para-hydroxylation sites is 1. The zero-order valence-corrected chi connectivity index (χ0v) is 12.6. The van der Waals surface area contributed by atoms with Gasteiger partial charge in [0.1, 0.15) is 0 Å². The smallest absolute Gasteiger partial charge is 0.0927 e. The van der Waals surface area contributed by atoms with Gasteiger partial charge in [-0.05, 0) is 29.2 Å². The summed E-state index contributed by atoms with van der Waals surface area (Å²) in [6.07, 6.45) is 0. The molecule has 3 aromatic rings. The van der Waals surface area contributed by atoms with E-state index in [1.54, 1.807) is 0 Å². The summed E-state index contributed by atoms with van der Waals surface area (Å²) in [4.78, 5) is 0. The van der Waals surface area contributed by atoms with Crippen LogP contribution in [-0.4, -0.2) is 10.2 Å². The summed E-state index contributed by atoms with van der Waals surface area (Å²) >= 11 is 6.20. The molecular weight excluding hydrogens is 268 g/mol. The SMILES string of the molecule is CC(C)(C)c1ccc(Cl)cc1-c1[nH]nc2ccccc12. The van der Waals surface area contributed by atoms with Crippen molar-refractivity contribution < 1.29 is 0 Å². The molecule has 0 aliphatic rings. The van der Waals surface area contributed by atoms with Crippen LogP contribution < -0.4 is 0 Å². The molecule has 0 aliphatic carbocycles. The second-order valence-corrected chi connectivity index (χ2v) is 6.49. The van der Waals surface area contributed by atoms with Gasteiger partial charge in [0.25, 0.3) is 0 Å². The Balaban J connectivity index is 2.31. The molecule has 20 heavy (non-hydrogen) atoms. The van der Waals surface area contributed by atoms with E-state index < -0.39 is 0 Å². The molecule has 2 nitrogen and oxygen atoms in total. The van der Waals surface area contributed by atoms with Gasteiger partial charge in [-0.3, -0.25) is 5.10 Å². The van der Waals surface area contributed by atoms with Crippen molar-refractivity contribution in [2.75, 3.05) is 0 Å². The lowest BCUT2D eigenvalue weighted by Crippen LogP contribution is -2.12. The Morgan fingerprint density at radius 3 is 2.55 bits per heavy atom. The maximum atomic E-state index is 6.20. The third-order valence-electron chi connectivity index (χ3n) is 3.52. The van der Waals surface area contributed by atoms with E-state index >= 15 is 0 Å². The lowest BCUT2D eigenvalue weighted by Gasteiger charge is -2.22. The summed E-state index contributed by atoms with van der Waals surface area (Å²) < 4.78 is 0. The molecule has 0 unspecified atom stereocenters. The maximum Gasteiger partial charge on any atom is 0.0927 e. The molecule has 1 aromatic heterocycles. The number of rotatable bonds is 1. The van der Waals surface area contributed by atoms with Crippen LogP contribution in [0.15, 0.2) is 42.5 Å². The van der Waals surface area contributed by atoms with Gasteiger partial charge < -0.3 is 0 Å². The first kappa shape index (κ1) is 13.2. The third-order valence-corrected chi connectivity index (χ3v) is 3.76. The van der Waals surface area contributed by atoms with E-state index in [1.165, 1.54) is 5.56 Å². The highest BCUT2D eigenvalue weighted by molar-refractivity contribution is 6.31. The van der Waals surface area contributed by atoms with E-state index in [-0.39, 0.29) is 5.41 Å². The van der Waals surface area contributed by atoms with Gasteiger partial charge in [0.2, 0.25) is 0 Å². The molecule has 0 saturated heterocycles. The Bertz CT molecular complexity index is 766. The second kappa shape index (κ2) is 4.64. The molecule has 0 saturated carbocycles. The average molecular weight is 285 g/mol. The standard InChI is InChI=1S/C17H17ClN2/c1-17(2,3)14-9-8-11(18)10-13(14)16-12-6-4-5-7-15(12)19-20-16/h4-10H,1-3H3,(H,19,20). The van der Waals surface area contributed by atoms with Gasteiger partial charge in [-0.25, -0.2) is 0 Å². The zero-order chi connectivity index (χ0) is 14.3. The maximum absolute atomic E-state index is 6.20. The minimum atomic E-state index is 0.0478. The molecular formula is C17H17ClN2. The van der Waals surface area contributed by atoms with Crippen molar-refractivity contribution in [2.45, 2.75) is 26.2 Å². The summed E-state index contributed by atoms with van der Waals surface area (Å²) in [5, 5.41) is 9.41. The number of aromatic nitrogens is 2. The molecule has 0 amide bonds. The number of aromatic amines is 1. The van der Waals surface area contributed by atoms with Crippen LogP contribution in [0.5, 0.6) is 0 Å². The van der Waals surface area contributed by atoms with Crippen LogP contribution in [0, 0.1) is 0 Å². The van der Waals surface area contributed by atoms with Crippen LogP contribution in [0.4, 0.5) is 0 Å². The molecule has 0 fully saturated rings. The lowest BCUT2D eigenvalue weighted by molar-refractivity contribution is 0.592. The molecule has 3 rings (SSSR count). The minimum Gasteiger partial charge on any atom is -0.277 e. The van der Waals surface area contributed by atoms with Crippen molar-refractivity contribution in [1.82, 2.24) is 10.2 Å². The molecule has 0 bridgehead atoms. The Morgan fingerprint density at radius 1 is 1.05 bits per heavy atom. The summed E-state index contributed by atoms with van der Waals surface area (Å²) in [5.41, 5.74) is 4.44. The van der Waals surface area contributed by atoms with Gasteiger partial charge in [0, 0.05) is 16.0 Å². The number of hydrogen-bond donors (Lipinski definition) is 1. The van der Waals surface area contributed by atoms with Crippen LogP contribution in [0.1, 0.15) is 26.3 Å². The molecule has 2 aromatic carbocycles. The highest BCUT2D eigenvalue weighted by atomic mass is 35.5. The normalized spacial score (nSPS) is 12.0. The summed E-state index contributed by atoms with van der Waals surface area (Å²) in [6.45, 7) is 6.62. The summed E-state index contributed by atoms with van der Waals surface area (Å²) in [6, 6.07) is 14.2. The van der Waals surface area contributed by atoms with Gasteiger partial charge in [0.05, 0.1) is 11.2 Å². The Hall–Kier alpha value is -1.80. The minimum absolute atomic E-state index is 0.0478. The fourth-order valence-electron chi connectivity index (χ4n) is 2.54. The molecule has 102 valence electrons. The molecule has 0 radical (unpaired) electrons. The van der Waals surface area contributed by atoms with E-state index in [2.05, 4.69) is 43.1 Å². The van der Waals surface area contributed by atoms with Crippen LogP contribution in [0.3, 0.4) is 0 Å². The number of hydrogen-bond acceptors (Lipinski definition) is 1. The predicted molar refractivity (Wildman–Crippen MR) is 85.2 cm³/mol. The average Bonchev–Trinajstić information content (AvgIpc) is 2.80.